The number of carbonyl (C=O) groups excluding carboxylic acids is 1. The summed E-state index contributed by atoms with van der Waals surface area (Å²) in [5.74, 6) is -0.821. The maximum absolute atomic E-state index is 12.2. The maximum Gasteiger partial charge on any atom is 0.293 e. The lowest BCUT2D eigenvalue weighted by Gasteiger charge is -2.01. The zero-order valence-electron chi connectivity index (χ0n) is 14.1. The summed E-state index contributed by atoms with van der Waals surface area (Å²) in [4.78, 5) is 27.0. The topological polar surface area (TPSA) is 132 Å². The highest BCUT2D eigenvalue weighted by Crippen LogP contribution is 2.29. The van der Waals surface area contributed by atoms with E-state index >= 15 is 0 Å². The first-order valence-electron chi connectivity index (χ1n) is 7.47. The van der Waals surface area contributed by atoms with Crippen LogP contribution in [0.25, 0.3) is 11.3 Å². The number of sulfone groups is 1. The minimum atomic E-state index is -3.55. The van der Waals surface area contributed by atoms with Crippen molar-refractivity contribution in [3.8, 4) is 11.3 Å². The summed E-state index contributed by atoms with van der Waals surface area (Å²) in [6, 6.07) is 7.20. The van der Waals surface area contributed by atoms with E-state index in [2.05, 4.69) is 10.3 Å². The van der Waals surface area contributed by atoms with Gasteiger partial charge < -0.3 is 4.42 Å². The zero-order valence-corrected chi connectivity index (χ0v) is 15.8. The van der Waals surface area contributed by atoms with Crippen LogP contribution in [0.2, 0.25) is 0 Å². The molecule has 3 aromatic rings. The Bertz CT molecular complexity index is 1150. The SMILES string of the molecule is Cc1ccc(-c2csc(NC(=O)c3ccc(S(C)(=O)=O)o3)n2)cc1[N+](=O)[O-]. The molecular weight excluding hydrogens is 394 g/mol. The Morgan fingerprint density at radius 2 is 2.04 bits per heavy atom. The largest absolute Gasteiger partial charge is 0.440 e. The molecule has 0 aliphatic rings. The molecule has 0 atom stereocenters. The lowest BCUT2D eigenvalue weighted by Crippen LogP contribution is -2.10. The Balaban J connectivity index is 1.80. The van der Waals surface area contributed by atoms with Gasteiger partial charge in [-0.2, -0.15) is 0 Å². The van der Waals surface area contributed by atoms with Crippen molar-refractivity contribution < 1.29 is 22.6 Å². The van der Waals surface area contributed by atoms with Crippen LogP contribution in [0, 0.1) is 17.0 Å². The van der Waals surface area contributed by atoms with Gasteiger partial charge in [0.1, 0.15) is 0 Å². The van der Waals surface area contributed by atoms with Crippen LogP contribution >= 0.6 is 11.3 Å². The molecule has 0 spiro atoms. The van der Waals surface area contributed by atoms with Crippen molar-refractivity contribution >= 4 is 37.9 Å². The molecule has 0 bridgehead atoms. The molecule has 1 N–H and O–H groups in total. The summed E-state index contributed by atoms with van der Waals surface area (Å²) in [5, 5.41) is 15.2. The number of nitrogens with one attached hydrogen (secondary N) is 1. The van der Waals surface area contributed by atoms with E-state index in [1.807, 2.05) is 0 Å². The second-order valence-electron chi connectivity index (χ2n) is 5.64. The third-order valence-electron chi connectivity index (χ3n) is 3.60. The molecule has 9 nitrogen and oxygen atoms in total. The maximum atomic E-state index is 12.2. The van der Waals surface area contributed by atoms with Gasteiger partial charge in [0.15, 0.2) is 10.9 Å². The molecule has 0 radical (unpaired) electrons. The van der Waals surface area contributed by atoms with Crippen LogP contribution in [-0.4, -0.2) is 30.5 Å². The Kier molecular flexibility index (Phi) is 4.81. The molecule has 11 heteroatoms. The minimum Gasteiger partial charge on any atom is -0.440 e. The van der Waals surface area contributed by atoms with Gasteiger partial charge in [-0.3, -0.25) is 20.2 Å². The Morgan fingerprint density at radius 3 is 2.67 bits per heavy atom. The van der Waals surface area contributed by atoms with Crippen molar-refractivity contribution in [2.45, 2.75) is 12.0 Å². The fraction of sp³-hybridized carbons (Fsp3) is 0.125. The summed E-state index contributed by atoms with van der Waals surface area (Å²) in [6.45, 7) is 1.64. The van der Waals surface area contributed by atoms with Crippen molar-refractivity contribution in [1.29, 1.82) is 0 Å². The van der Waals surface area contributed by atoms with Gasteiger partial charge in [-0.1, -0.05) is 12.1 Å². The molecule has 0 saturated carbocycles. The minimum absolute atomic E-state index is 0.0185. The van der Waals surface area contributed by atoms with Crippen molar-refractivity contribution in [1.82, 2.24) is 4.98 Å². The van der Waals surface area contributed by atoms with Crippen molar-refractivity contribution in [2.24, 2.45) is 0 Å². The van der Waals surface area contributed by atoms with E-state index in [0.29, 0.717) is 16.8 Å². The number of nitro groups is 1. The number of amides is 1. The van der Waals surface area contributed by atoms with Crippen LogP contribution in [-0.2, 0) is 9.84 Å². The number of thiazole rings is 1. The molecule has 0 fully saturated rings. The van der Waals surface area contributed by atoms with Crippen LogP contribution < -0.4 is 5.32 Å². The average molecular weight is 407 g/mol. The highest BCUT2D eigenvalue weighted by atomic mass is 32.2. The number of benzene rings is 1. The van der Waals surface area contributed by atoms with Gasteiger partial charge in [-0.25, -0.2) is 13.4 Å². The zero-order chi connectivity index (χ0) is 19.8. The Hall–Kier alpha value is -3.05. The number of hydrogen-bond acceptors (Lipinski definition) is 8. The van der Waals surface area contributed by atoms with Crippen LogP contribution in [0.5, 0.6) is 0 Å². The number of aromatic nitrogens is 1. The Labute approximate surface area is 157 Å². The number of aryl methyl sites for hydroxylation is 1. The van der Waals surface area contributed by atoms with Crippen molar-refractivity contribution in [2.75, 3.05) is 11.6 Å². The van der Waals surface area contributed by atoms with Gasteiger partial charge in [-0.15, -0.1) is 11.3 Å². The van der Waals surface area contributed by atoms with E-state index in [9.17, 15) is 23.3 Å². The van der Waals surface area contributed by atoms with E-state index in [0.717, 1.165) is 17.6 Å². The van der Waals surface area contributed by atoms with Crippen LogP contribution in [0.4, 0.5) is 10.8 Å². The molecule has 0 saturated heterocycles. The average Bonchev–Trinajstić information content (AvgIpc) is 3.24. The molecule has 27 heavy (non-hydrogen) atoms. The number of furan rings is 1. The number of hydrogen-bond donors (Lipinski definition) is 1. The van der Waals surface area contributed by atoms with Crippen LogP contribution in [0.3, 0.4) is 0 Å². The van der Waals surface area contributed by atoms with E-state index in [4.69, 9.17) is 4.42 Å². The van der Waals surface area contributed by atoms with E-state index in [1.165, 1.54) is 18.2 Å². The number of nitro benzene ring substituents is 1. The molecule has 2 aromatic heterocycles. The number of anilines is 1. The first kappa shape index (κ1) is 18.7. The fourth-order valence-electron chi connectivity index (χ4n) is 2.23. The highest BCUT2D eigenvalue weighted by Gasteiger charge is 2.19. The summed E-state index contributed by atoms with van der Waals surface area (Å²) in [5.41, 5.74) is 1.53. The number of carbonyl (C=O) groups is 1. The Morgan fingerprint density at radius 1 is 1.30 bits per heavy atom. The molecule has 0 aliphatic carbocycles. The second kappa shape index (κ2) is 6.93. The molecule has 0 aliphatic heterocycles. The molecular formula is C16H13N3O6S2. The summed E-state index contributed by atoms with van der Waals surface area (Å²) >= 11 is 1.13. The quantitative estimate of drug-likeness (QED) is 0.507. The second-order valence-corrected chi connectivity index (χ2v) is 8.45. The normalized spacial score (nSPS) is 11.3. The van der Waals surface area contributed by atoms with Gasteiger partial charge >= 0.3 is 0 Å². The highest BCUT2D eigenvalue weighted by molar-refractivity contribution is 7.90. The van der Waals surface area contributed by atoms with Gasteiger partial charge in [0.05, 0.1) is 10.6 Å². The van der Waals surface area contributed by atoms with Crippen molar-refractivity contribution in [3.05, 3.63) is 57.1 Å². The third-order valence-corrected chi connectivity index (χ3v) is 5.30. The number of rotatable bonds is 5. The summed E-state index contributed by atoms with van der Waals surface area (Å²) in [6.07, 6.45) is 0.974. The lowest BCUT2D eigenvalue weighted by molar-refractivity contribution is -0.385. The predicted molar refractivity (Wildman–Crippen MR) is 98.7 cm³/mol. The predicted octanol–water partition coefficient (Wildman–Crippen LogP) is 3.28. The van der Waals surface area contributed by atoms with Gasteiger partial charge in [0.25, 0.3) is 11.6 Å². The standard InChI is InChI=1S/C16H13N3O6S2/c1-9-3-4-10(7-12(9)19(21)22)11-8-26-16(17-11)18-15(20)13-5-6-14(25-13)27(2,23)24/h3-8H,1-2H3,(H,17,18,20). The van der Waals surface area contributed by atoms with Crippen LogP contribution in [0.1, 0.15) is 16.1 Å². The number of nitrogens with zero attached hydrogens (tertiary/aromatic N) is 2. The molecule has 140 valence electrons. The fourth-order valence-corrected chi connectivity index (χ4v) is 3.50. The van der Waals surface area contributed by atoms with Gasteiger partial charge in [0, 0.05) is 28.8 Å². The molecule has 1 amide bonds. The lowest BCUT2D eigenvalue weighted by atomic mass is 10.1. The smallest absolute Gasteiger partial charge is 0.293 e. The molecule has 1 aromatic carbocycles. The third kappa shape index (κ3) is 4.04. The van der Waals surface area contributed by atoms with Crippen LogP contribution in [0.15, 0.2) is 45.2 Å². The molecule has 3 rings (SSSR count). The van der Waals surface area contributed by atoms with Gasteiger partial charge in [-0.05, 0) is 19.1 Å². The molecule has 2 heterocycles. The monoisotopic (exact) mass is 407 g/mol. The van der Waals surface area contributed by atoms with E-state index in [-0.39, 0.29) is 21.7 Å². The van der Waals surface area contributed by atoms with E-state index < -0.39 is 20.7 Å². The summed E-state index contributed by atoms with van der Waals surface area (Å²) < 4.78 is 27.8. The van der Waals surface area contributed by atoms with Gasteiger partial charge in [0.2, 0.25) is 14.9 Å². The first-order chi connectivity index (χ1) is 12.6. The molecule has 0 unspecified atom stereocenters. The summed E-state index contributed by atoms with van der Waals surface area (Å²) in [7, 11) is -3.55. The first-order valence-corrected chi connectivity index (χ1v) is 10.2. The van der Waals surface area contributed by atoms with Crippen molar-refractivity contribution in [3.63, 3.8) is 0 Å². The van der Waals surface area contributed by atoms with E-state index in [1.54, 1.807) is 24.4 Å².